The first kappa shape index (κ1) is 28.2. The van der Waals surface area contributed by atoms with Crippen LogP contribution in [0.1, 0.15) is 64.4 Å². The predicted octanol–water partition coefficient (Wildman–Crippen LogP) is 7.39. The molecule has 6 nitrogen and oxygen atoms in total. The molecule has 0 N–H and O–H groups in total. The molecule has 0 spiro atoms. The third-order valence-corrected chi connectivity index (χ3v) is 6.96. The summed E-state index contributed by atoms with van der Waals surface area (Å²) in [5, 5.41) is 5.04. The summed E-state index contributed by atoms with van der Waals surface area (Å²) in [7, 11) is 0. The van der Waals surface area contributed by atoms with Gasteiger partial charge in [0.15, 0.2) is 5.65 Å². The zero-order chi connectivity index (χ0) is 27.6. The highest BCUT2D eigenvalue weighted by Gasteiger charge is 2.22. The second-order valence-electron chi connectivity index (χ2n) is 9.70. The van der Waals surface area contributed by atoms with Gasteiger partial charge < -0.3 is 9.64 Å². The summed E-state index contributed by atoms with van der Waals surface area (Å²) in [6, 6.07) is 14.6. The number of rotatable bonds is 10. The highest BCUT2D eigenvalue weighted by molar-refractivity contribution is 6.04. The lowest BCUT2D eigenvalue weighted by Gasteiger charge is -2.29. The molecule has 0 amide bonds. The average Bonchev–Trinajstić information content (AvgIpc) is 3.41. The number of hydrogen-bond acceptors (Lipinski definition) is 5. The van der Waals surface area contributed by atoms with E-state index < -0.39 is 0 Å². The van der Waals surface area contributed by atoms with Gasteiger partial charge in [-0.2, -0.15) is 9.61 Å². The van der Waals surface area contributed by atoms with Gasteiger partial charge in [0, 0.05) is 36.7 Å². The zero-order valence-corrected chi connectivity index (χ0v) is 24.0. The topological polar surface area (TPSA) is 55.0 Å². The Morgan fingerprint density at radius 2 is 1.85 bits per heavy atom. The summed E-state index contributed by atoms with van der Waals surface area (Å²) in [6.07, 6.45) is 14.5. The fraction of sp³-hybridized carbons (Fsp3) is 0.364. The fourth-order valence-electron chi connectivity index (χ4n) is 4.61. The molecule has 3 aromatic rings. The average molecular weight is 524 g/mol. The highest BCUT2D eigenvalue weighted by Crippen LogP contribution is 2.27. The molecule has 1 saturated heterocycles. The first-order valence-electron chi connectivity index (χ1n) is 14.1. The summed E-state index contributed by atoms with van der Waals surface area (Å²) >= 11 is 0. The Labute approximate surface area is 233 Å². The quantitative estimate of drug-likeness (QED) is 0.205. The molecule has 1 aliphatic rings. The minimum atomic E-state index is 0.233. The lowest BCUT2D eigenvalue weighted by atomic mass is 9.99. The van der Waals surface area contributed by atoms with Crippen molar-refractivity contribution in [3.63, 3.8) is 0 Å². The van der Waals surface area contributed by atoms with Gasteiger partial charge in [0.2, 0.25) is 0 Å². The fourth-order valence-corrected chi connectivity index (χ4v) is 4.61. The van der Waals surface area contributed by atoms with E-state index in [2.05, 4.69) is 92.4 Å². The summed E-state index contributed by atoms with van der Waals surface area (Å²) in [5.74, 6) is 1.25. The monoisotopic (exact) mass is 523 g/mol. The van der Waals surface area contributed by atoms with E-state index in [1.807, 2.05) is 30.5 Å². The molecule has 0 aliphatic carbocycles. The number of aliphatic imine (C=N–C) groups is 1. The van der Waals surface area contributed by atoms with Crippen molar-refractivity contribution >= 4 is 28.4 Å². The molecule has 1 unspecified atom stereocenters. The summed E-state index contributed by atoms with van der Waals surface area (Å²) in [6.45, 7) is 13.7. The summed E-state index contributed by atoms with van der Waals surface area (Å²) in [5.41, 5.74) is 6.70. The van der Waals surface area contributed by atoms with E-state index in [1.165, 1.54) is 0 Å². The third-order valence-electron chi connectivity index (χ3n) is 6.96. The molecule has 6 heteroatoms. The molecule has 0 bridgehead atoms. The molecule has 39 heavy (non-hydrogen) atoms. The molecule has 4 rings (SSSR count). The Bertz CT molecular complexity index is 1390. The Morgan fingerprint density at radius 3 is 2.51 bits per heavy atom. The van der Waals surface area contributed by atoms with Gasteiger partial charge in [-0.25, -0.2) is 4.98 Å². The van der Waals surface area contributed by atoms with Gasteiger partial charge in [-0.1, -0.05) is 87.6 Å². The van der Waals surface area contributed by atoms with E-state index in [9.17, 15) is 0 Å². The first-order valence-corrected chi connectivity index (χ1v) is 14.1. The van der Waals surface area contributed by atoms with E-state index in [0.29, 0.717) is 13.2 Å². The second-order valence-corrected chi connectivity index (χ2v) is 9.70. The van der Waals surface area contributed by atoms with Crippen molar-refractivity contribution in [1.29, 1.82) is 0 Å². The summed E-state index contributed by atoms with van der Waals surface area (Å²) < 4.78 is 7.65. The van der Waals surface area contributed by atoms with Crippen molar-refractivity contribution < 1.29 is 4.74 Å². The standard InChI is InChI=1S/C33H41N5O/c1-6-10-12-16-26(15-7-2)29-23-31-34-30(24-32(38(31)36-29)37-19-21-39-22-20-37)33(25(5)8-3)35-28(9-4)27-17-13-11-14-18-27/h7,9-18,23-25H,6,8,19-22H2,1-5H3/b12-10+,15-7-,26-16+,28-9-,35-33?. The highest BCUT2D eigenvalue weighted by atomic mass is 16.5. The molecule has 204 valence electrons. The lowest BCUT2D eigenvalue weighted by Crippen LogP contribution is -2.37. The van der Waals surface area contributed by atoms with Crippen LogP contribution >= 0.6 is 0 Å². The second kappa shape index (κ2) is 13.9. The van der Waals surface area contributed by atoms with E-state index in [4.69, 9.17) is 19.8 Å². The largest absolute Gasteiger partial charge is 0.378 e. The number of anilines is 1. The van der Waals surface area contributed by atoms with Crippen LogP contribution in [0.3, 0.4) is 0 Å². The van der Waals surface area contributed by atoms with Gasteiger partial charge in [0.1, 0.15) is 5.82 Å². The Balaban J connectivity index is 1.91. The molecule has 2 aromatic heterocycles. The van der Waals surface area contributed by atoms with E-state index in [0.717, 1.165) is 71.3 Å². The first-order chi connectivity index (χ1) is 19.1. The number of aromatic nitrogens is 3. The Kier molecular flexibility index (Phi) is 10.0. The molecular formula is C33H41N5O. The van der Waals surface area contributed by atoms with Gasteiger partial charge >= 0.3 is 0 Å². The SMILES string of the molecule is C\C=C/C(=C\C=C\CC)c1cc2nc(C(=N/C(=C\C)c3ccccc3)C(C)CC)cc(N3CCOCC3)n2n1. The molecule has 1 aromatic carbocycles. The van der Waals surface area contributed by atoms with Gasteiger partial charge in [0.25, 0.3) is 0 Å². The van der Waals surface area contributed by atoms with Crippen molar-refractivity contribution in [1.82, 2.24) is 14.6 Å². The van der Waals surface area contributed by atoms with E-state index >= 15 is 0 Å². The molecule has 1 atom stereocenters. The van der Waals surface area contributed by atoms with Crippen LogP contribution in [0.25, 0.3) is 16.9 Å². The summed E-state index contributed by atoms with van der Waals surface area (Å²) in [4.78, 5) is 12.7. The molecule has 3 heterocycles. The smallest absolute Gasteiger partial charge is 0.158 e. The van der Waals surface area contributed by atoms with Gasteiger partial charge in [-0.15, -0.1) is 0 Å². The van der Waals surface area contributed by atoms with Crippen LogP contribution in [0.5, 0.6) is 0 Å². The molecule has 0 radical (unpaired) electrons. The lowest BCUT2D eigenvalue weighted by molar-refractivity contribution is 0.122. The minimum Gasteiger partial charge on any atom is -0.378 e. The molecule has 0 saturated carbocycles. The number of nitrogens with zero attached hydrogens (tertiary/aromatic N) is 5. The van der Waals surface area contributed by atoms with Crippen LogP contribution < -0.4 is 4.90 Å². The van der Waals surface area contributed by atoms with Crippen LogP contribution in [-0.4, -0.2) is 46.6 Å². The number of fused-ring (bicyclic) bond motifs is 1. The Hall–Kier alpha value is -3.77. The van der Waals surface area contributed by atoms with Crippen LogP contribution in [-0.2, 0) is 4.74 Å². The van der Waals surface area contributed by atoms with Crippen molar-refractivity contribution in [2.45, 2.75) is 47.5 Å². The zero-order valence-electron chi connectivity index (χ0n) is 24.0. The minimum absolute atomic E-state index is 0.233. The molecular weight excluding hydrogens is 482 g/mol. The Morgan fingerprint density at radius 1 is 1.08 bits per heavy atom. The van der Waals surface area contributed by atoms with Crippen molar-refractivity contribution in [2.24, 2.45) is 10.9 Å². The van der Waals surface area contributed by atoms with Crippen molar-refractivity contribution in [3.05, 3.63) is 95.9 Å². The van der Waals surface area contributed by atoms with Crippen LogP contribution in [0, 0.1) is 5.92 Å². The molecule has 1 fully saturated rings. The number of benzene rings is 1. The maximum absolute atomic E-state index is 5.67. The maximum atomic E-state index is 5.67. The van der Waals surface area contributed by atoms with Crippen LogP contribution in [0.2, 0.25) is 0 Å². The van der Waals surface area contributed by atoms with Crippen molar-refractivity contribution in [3.8, 4) is 0 Å². The number of hydrogen-bond donors (Lipinski definition) is 0. The van der Waals surface area contributed by atoms with Crippen LogP contribution in [0.4, 0.5) is 5.82 Å². The number of ether oxygens (including phenoxy) is 1. The van der Waals surface area contributed by atoms with E-state index in [-0.39, 0.29) is 5.92 Å². The number of allylic oxidation sites excluding steroid dienone is 7. The van der Waals surface area contributed by atoms with Crippen LogP contribution in [0.15, 0.2) is 83.9 Å². The normalized spacial score (nSPS) is 16.6. The maximum Gasteiger partial charge on any atom is 0.158 e. The van der Waals surface area contributed by atoms with Gasteiger partial charge in [-0.3, -0.25) is 4.99 Å². The van der Waals surface area contributed by atoms with E-state index in [1.54, 1.807) is 0 Å². The van der Waals surface area contributed by atoms with Gasteiger partial charge in [-0.05, 0) is 32.3 Å². The van der Waals surface area contributed by atoms with Crippen molar-refractivity contribution in [2.75, 3.05) is 31.2 Å². The number of morpholine rings is 1. The predicted molar refractivity (Wildman–Crippen MR) is 164 cm³/mol. The van der Waals surface area contributed by atoms with Gasteiger partial charge in [0.05, 0.1) is 36.0 Å². The third kappa shape index (κ3) is 6.82. The molecule has 1 aliphatic heterocycles.